The number of halogens is 1. The van der Waals surface area contributed by atoms with Crippen LogP contribution in [0.5, 0.6) is 0 Å². The molecule has 2 aromatic heterocycles. The fraction of sp³-hybridized carbons (Fsp3) is 0.0556. The van der Waals surface area contributed by atoms with Gasteiger partial charge in [-0.3, -0.25) is 4.79 Å². The predicted octanol–water partition coefficient (Wildman–Crippen LogP) is 5.32. The number of rotatable bonds is 5. The van der Waals surface area contributed by atoms with Crippen molar-refractivity contribution in [2.24, 2.45) is 0 Å². The Labute approximate surface area is 148 Å². The molecule has 0 saturated heterocycles. The summed E-state index contributed by atoms with van der Waals surface area (Å²) in [6.45, 7) is 0.408. The van der Waals surface area contributed by atoms with E-state index in [4.69, 9.17) is 11.6 Å². The standard InChI is InChI=1S/C18H14ClNOS2/c19-16-7-2-1-5-13(16)12-20-18(21)15(17-8-4-10-23-17)11-14-6-3-9-22-14/h1-11H,12H2,(H,20,21)/b15-11+. The fourth-order valence-electron chi connectivity index (χ4n) is 2.11. The van der Waals surface area contributed by atoms with Crippen LogP contribution in [-0.2, 0) is 11.3 Å². The number of carbonyl (C=O) groups is 1. The van der Waals surface area contributed by atoms with Gasteiger partial charge in [0, 0.05) is 21.3 Å². The maximum atomic E-state index is 12.6. The van der Waals surface area contributed by atoms with Gasteiger partial charge in [-0.05, 0) is 40.6 Å². The molecule has 3 aromatic rings. The lowest BCUT2D eigenvalue weighted by Gasteiger charge is -2.09. The van der Waals surface area contributed by atoms with Crippen molar-refractivity contribution in [1.82, 2.24) is 5.32 Å². The molecule has 0 bridgehead atoms. The molecular weight excluding hydrogens is 346 g/mol. The maximum Gasteiger partial charge on any atom is 0.253 e. The van der Waals surface area contributed by atoms with Crippen LogP contribution in [0.2, 0.25) is 5.02 Å². The zero-order valence-electron chi connectivity index (χ0n) is 12.2. The van der Waals surface area contributed by atoms with Crippen LogP contribution in [0, 0.1) is 0 Å². The lowest BCUT2D eigenvalue weighted by Crippen LogP contribution is -2.23. The average molecular weight is 360 g/mol. The monoisotopic (exact) mass is 359 g/mol. The number of benzene rings is 1. The molecule has 0 aliphatic rings. The van der Waals surface area contributed by atoms with Gasteiger partial charge >= 0.3 is 0 Å². The molecule has 0 spiro atoms. The number of carbonyl (C=O) groups excluding carboxylic acids is 1. The Morgan fingerprint density at radius 1 is 1.04 bits per heavy atom. The van der Waals surface area contributed by atoms with Crippen molar-refractivity contribution in [3.05, 3.63) is 79.6 Å². The average Bonchev–Trinajstić information content (AvgIpc) is 3.25. The van der Waals surface area contributed by atoms with E-state index in [1.54, 1.807) is 22.7 Å². The quantitative estimate of drug-likeness (QED) is 0.614. The van der Waals surface area contributed by atoms with E-state index in [2.05, 4.69) is 5.32 Å². The third kappa shape index (κ3) is 4.10. The highest BCUT2D eigenvalue weighted by atomic mass is 35.5. The van der Waals surface area contributed by atoms with Crippen LogP contribution in [-0.4, -0.2) is 5.91 Å². The zero-order chi connectivity index (χ0) is 16.1. The van der Waals surface area contributed by atoms with Gasteiger partial charge < -0.3 is 5.32 Å². The summed E-state index contributed by atoms with van der Waals surface area (Å²) in [6.07, 6.45) is 1.93. The number of nitrogens with one attached hydrogen (secondary N) is 1. The van der Waals surface area contributed by atoms with Crippen molar-refractivity contribution in [2.75, 3.05) is 0 Å². The first-order valence-corrected chi connectivity index (χ1v) is 9.18. The van der Waals surface area contributed by atoms with Gasteiger partial charge in [0.15, 0.2) is 0 Å². The molecule has 2 nitrogen and oxygen atoms in total. The van der Waals surface area contributed by atoms with Gasteiger partial charge in [0.1, 0.15) is 0 Å². The second-order valence-corrected chi connectivity index (χ2v) is 7.16. The lowest BCUT2D eigenvalue weighted by molar-refractivity contribution is -0.115. The van der Waals surface area contributed by atoms with Gasteiger partial charge in [-0.1, -0.05) is 41.9 Å². The predicted molar refractivity (Wildman–Crippen MR) is 99.8 cm³/mol. The summed E-state index contributed by atoms with van der Waals surface area (Å²) in [6, 6.07) is 15.4. The Hall–Kier alpha value is -1.88. The van der Waals surface area contributed by atoms with Crippen molar-refractivity contribution in [2.45, 2.75) is 6.54 Å². The molecule has 0 atom stereocenters. The van der Waals surface area contributed by atoms with E-state index in [1.165, 1.54) is 0 Å². The highest BCUT2D eigenvalue weighted by molar-refractivity contribution is 7.12. The molecule has 116 valence electrons. The van der Waals surface area contributed by atoms with Crippen LogP contribution in [0.1, 0.15) is 15.3 Å². The summed E-state index contributed by atoms with van der Waals surface area (Å²) in [5, 5.41) is 7.59. The largest absolute Gasteiger partial charge is 0.348 e. The molecule has 2 heterocycles. The highest BCUT2D eigenvalue weighted by Gasteiger charge is 2.13. The molecule has 0 unspecified atom stereocenters. The summed E-state index contributed by atoms with van der Waals surface area (Å²) in [5.74, 6) is -0.0965. The van der Waals surface area contributed by atoms with Crippen LogP contribution >= 0.6 is 34.3 Å². The van der Waals surface area contributed by atoms with E-state index in [-0.39, 0.29) is 5.91 Å². The SMILES string of the molecule is O=C(NCc1ccccc1Cl)/C(=C/c1cccs1)c1cccs1. The molecule has 0 radical (unpaired) electrons. The van der Waals surface area contributed by atoms with Gasteiger partial charge in [0.2, 0.25) is 0 Å². The Morgan fingerprint density at radius 3 is 2.52 bits per heavy atom. The van der Waals surface area contributed by atoms with Gasteiger partial charge in [-0.15, -0.1) is 22.7 Å². The smallest absolute Gasteiger partial charge is 0.253 e. The van der Waals surface area contributed by atoms with E-state index < -0.39 is 0 Å². The summed E-state index contributed by atoms with van der Waals surface area (Å²) in [4.78, 5) is 14.7. The Morgan fingerprint density at radius 2 is 1.83 bits per heavy atom. The lowest BCUT2D eigenvalue weighted by atomic mass is 10.1. The van der Waals surface area contributed by atoms with Crippen LogP contribution in [0.15, 0.2) is 59.3 Å². The van der Waals surface area contributed by atoms with Crippen molar-refractivity contribution >= 4 is 51.8 Å². The first-order valence-electron chi connectivity index (χ1n) is 7.05. The Balaban J connectivity index is 1.80. The van der Waals surface area contributed by atoms with Gasteiger partial charge in [0.05, 0.1) is 5.57 Å². The molecule has 5 heteroatoms. The number of thiophene rings is 2. The first-order chi connectivity index (χ1) is 11.2. The van der Waals surface area contributed by atoms with E-state index in [1.807, 2.05) is 65.4 Å². The molecule has 0 fully saturated rings. The topological polar surface area (TPSA) is 29.1 Å². The van der Waals surface area contributed by atoms with E-state index in [0.717, 1.165) is 15.3 Å². The minimum absolute atomic E-state index is 0.0965. The number of hydrogen-bond donors (Lipinski definition) is 1. The minimum Gasteiger partial charge on any atom is -0.348 e. The molecule has 3 rings (SSSR count). The molecule has 1 amide bonds. The Bertz CT molecular complexity index is 807. The van der Waals surface area contributed by atoms with Crippen molar-refractivity contribution < 1.29 is 4.79 Å². The minimum atomic E-state index is -0.0965. The molecule has 1 N–H and O–H groups in total. The first kappa shape index (κ1) is 16.0. The highest BCUT2D eigenvalue weighted by Crippen LogP contribution is 2.25. The summed E-state index contributed by atoms with van der Waals surface area (Å²) in [7, 11) is 0. The van der Waals surface area contributed by atoms with Gasteiger partial charge in [-0.25, -0.2) is 0 Å². The van der Waals surface area contributed by atoms with Crippen LogP contribution in [0.25, 0.3) is 11.6 Å². The number of amides is 1. The van der Waals surface area contributed by atoms with Crippen LogP contribution in [0.3, 0.4) is 0 Å². The molecule has 23 heavy (non-hydrogen) atoms. The molecular formula is C18H14ClNOS2. The van der Waals surface area contributed by atoms with Gasteiger partial charge in [-0.2, -0.15) is 0 Å². The third-order valence-electron chi connectivity index (χ3n) is 3.26. The van der Waals surface area contributed by atoms with Gasteiger partial charge in [0.25, 0.3) is 5.91 Å². The molecule has 0 saturated carbocycles. The summed E-state index contributed by atoms with van der Waals surface area (Å²) < 4.78 is 0. The fourth-order valence-corrected chi connectivity index (χ4v) is 3.71. The number of hydrogen-bond acceptors (Lipinski definition) is 3. The van der Waals surface area contributed by atoms with Crippen LogP contribution < -0.4 is 5.32 Å². The van der Waals surface area contributed by atoms with E-state index in [0.29, 0.717) is 17.1 Å². The molecule has 0 aliphatic carbocycles. The second-order valence-electron chi connectivity index (χ2n) is 4.82. The zero-order valence-corrected chi connectivity index (χ0v) is 14.5. The Kier molecular flexibility index (Phi) is 5.28. The van der Waals surface area contributed by atoms with E-state index >= 15 is 0 Å². The second kappa shape index (κ2) is 7.59. The molecule has 1 aromatic carbocycles. The normalized spacial score (nSPS) is 11.4. The van der Waals surface area contributed by atoms with Crippen molar-refractivity contribution in [3.63, 3.8) is 0 Å². The van der Waals surface area contributed by atoms with E-state index in [9.17, 15) is 4.79 Å². The van der Waals surface area contributed by atoms with Crippen LogP contribution in [0.4, 0.5) is 0 Å². The molecule has 0 aliphatic heterocycles. The summed E-state index contributed by atoms with van der Waals surface area (Å²) in [5.41, 5.74) is 1.58. The maximum absolute atomic E-state index is 12.6. The van der Waals surface area contributed by atoms with Crippen molar-refractivity contribution in [3.8, 4) is 0 Å². The van der Waals surface area contributed by atoms with Crippen molar-refractivity contribution in [1.29, 1.82) is 0 Å². The third-order valence-corrected chi connectivity index (χ3v) is 5.35. The summed E-state index contributed by atoms with van der Waals surface area (Å²) >= 11 is 9.31.